The standard InChI is InChI=1S/C16H18N4O4/c1-11-7-20(14(10-24-11)12-5-3-2-4-6-12)15(21)9-19-8-13(16(22)23)17-18-19/h2-6,8,11,14H,7,9-10H2,1H3,(H,22,23). The summed E-state index contributed by atoms with van der Waals surface area (Å²) < 4.78 is 6.95. The third-order valence-corrected chi connectivity index (χ3v) is 3.93. The maximum Gasteiger partial charge on any atom is 0.358 e. The number of carbonyl (C=O) groups excluding carboxylic acids is 1. The fourth-order valence-corrected chi connectivity index (χ4v) is 2.73. The van der Waals surface area contributed by atoms with Crippen molar-refractivity contribution in [2.75, 3.05) is 13.2 Å². The van der Waals surface area contributed by atoms with Gasteiger partial charge in [0.15, 0.2) is 5.69 Å². The molecule has 8 heteroatoms. The number of hydrogen-bond acceptors (Lipinski definition) is 5. The Bertz CT molecular complexity index is 731. The van der Waals surface area contributed by atoms with Crippen LogP contribution in [0.25, 0.3) is 0 Å². The lowest BCUT2D eigenvalue weighted by atomic mass is 10.0. The zero-order valence-electron chi connectivity index (χ0n) is 13.2. The summed E-state index contributed by atoms with van der Waals surface area (Å²) >= 11 is 0. The first-order valence-corrected chi connectivity index (χ1v) is 7.64. The van der Waals surface area contributed by atoms with Gasteiger partial charge in [-0.05, 0) is 12.5 Å². The van der Waals surface area contributed by atoms with Crippen molar-refractivity contribution in [2.24, 2.45) is 0 Å². The second kappa shape index (κ2) is 6.79. The summed E-state index contributed by atoms with van der Waals surface area (Å²) in [6, 6.07) is 9.52. The molecule has 126 valence electrons. The van der Waals surface area contributed by atoms with Crippen LogP contribution in [0.1, 0.15) is 29.0 Å². The lowest BCUT2D eigenvalue weighted by molar-refractivity contribution is -0.145. The van der Waals surface area contributed by atoms with Crippen molar-refractivity contribution in [2.45, 2.75) is 25.6 Å². The quantitative estimate of drug-likeness (QED) is 0.897. The van der Waals surface area contributed by atoms with Crippen LogP contribution in [0.15, 0.2) is 36.5 Å². The maximum absolute atomic E-state index is 12.7. The Kier molecular flexibility index (Phi) is 4.57. The van der Waals surface area contributed by atoms with Crippen LogP contribution in [0.3, 0.4) is 0 Å². The largest absolute Gasteiger partial charge is 0.476 e. The number of carbonyl (C=O) groups is 2. The van der Waals surface area contributed by atoms with E-state index in [2.05, 4.69) is 10.3 Å². The number of rotatable bonds is 4. The summed E-state index contributed by atoms with van der Waals surface area (Å²) in [6.07, 6.45) is 1.20. The molecule has 1 aliphatic rings. The molecule has 1 N–H and O–H groups in total. The molecule has 1 aromatic carbocycles. The fraction of sp³-hybridized carbons (Fsp3) is 0.375. The molecule has 0 radical (unpaired) electrons. The summed E-state index contributed by atoms with van der Waals surface area (Å²) in [5, 5.41) is 16.1. The average molecular weight is 330 g/mol. The molecule has 1 aliphatic heterocycles. The molecule has 2 atom stereocenters. The zero-order chi connectivity index (χ0) is 17.1. The Labute approximate surface area is 138 Å². The minimum atomic E-state index is -1.17. The first kappa shape index (κ1) is 16.1. The predicted molar refractivity (Wildman–Crippen MR) is 83.3 cm³/mol. The number of ether oxygens (including phenoxy) is 1. The highest BCUT2D eigenvalue weighted by molar-refractivity contribution is 5.84. The molecule has 1 fully saturated rings. The number of carboxylic acids is 1. The minimum Gasteiger partial charge on any atom is -0.476 e. The Morgan fingerprint density at radius 2 is 2.08 bits per heavy atom. The Hall–Kier alpha value is -2.74. The van der Waals surface area contributed by atoms with Gasteiger partial charge in [-0.2, -0.15) is 0 Å². The van der Waals surface area contributed by atoms with Gasteiger partial charge in [-0.15, -0.1) is 5.10 Å². The highest BCUT2D eigenvalue weighted by atomic mass is 16.5. The van der Waals surface area contributed by atoms with E-state index >= 15 is 0 Å². The van der Waals surface area contributed by atoms with Crippen LogP contribution in [0.2, 0.25) is 0 Å². The number of aromatic carboxylic acids is 1. The van der Waals surface area contributed by atoms with Gasteiger partial charge in [0, 0.05) is 6.54 Å². The normalized spacial score (nSPS) is 20.8. The van der Waals surface area contributed by atoms with E-state index in [-0.39, 0.29) is 30.3 Å². The van der Waals surface area contributed by atoms with Crippen molar-refractivity contribution in [1.29, 1.82) is 0 Å². The molecule has 0 saturated carbocycles. The molecular formula is C16H18N4O4. The van der Waals surface area contributed by atoms with Crippen LogP contribution in [0.5, 0.6) is 0 Å². The van der Waals surface area contributed by atoms with Crippen LogP contribution in [-0.4, -0.2) is 56.1 Å². The van der Waals surface area contributed by atoms with Gasteiger partial charge in [-0.3, -0.25) is 4.79 Å². The minimum absolute atomic E-state index is 0.0563. The molecule has 8 nitrogen and oxygen atoms in total. The first-order valence-electron chi connectivity index (χ1n) is 7.64. The monoisotopic (exact) mass is 330 g/mol. The van der Waals surface area contributed by atoms with Crippen LogP contribution in [-0.2, 0) is 16.1 Å². The third kappa shape index (κ3) is 3.43. The van der Waals surface area contributed by atoms with E-state index in [1.165, 1.54) is 10.9 Å². The van der Waals surface area contributed by atoms with Gasteiger partial charge in [0.25, 0.3) is 0 Å². The van der Waals surface area contributed by atoms with Gasteiger partial charge >= 0.3 is 5.97 Å². The highest BCUT2D eigenvalue weighted by Crippen LogP contribution is 2.26. The van der Waals surface area contributed by atoms with Crippen molar-refractivity contribution in [3.8, 4) is 0 Å². The van der Waals surface area contributed by atoms with Gasteiger partial charge < -0.3 is 14.7 Å². The molecule has 1 aromatic heterocycles. The SMILES string of the molecule is CC1CN(C(=O)Cn2cc(C(=O)O)nn2)C(c2ccccc2)CO1. The number of aromatic nitrogens is 3. The first-order chi connectivity index (χ1) is 11.5. The van der Waals surface area contributed by atoms with E-state index in [0.717, 1.165) is 5.56 Å². The van der Waals surface area contributed by atoms with Gasteiger partial charge in [-0.25, -0.2) is 9.48 Å². The lowest BCUT2D eigenvalue weighted by Crippen LogP contribution is -2.47. The van der Waals surface area contributed by atoms with Gasteiger partial charge in [0.05, 0.1) is 24.9 Å². The van der Waals surface area contributed by atoms with Crippen molar-refractivity contribution in [1.82, 2.24) is 19.9 Å². The Morgan fingerprint density at radius 1 is 1.33 bits per heavy atom. The number of carboxylic acid groups (broad SMARTS) is 1. The second-order valence-electron chi connectivity index (χ2n) is 5.72. The molecule has 0 spiro atoms. The Balaban J connectivity index is 1.77. The number of nitrogens with zero attached hydrogens (tertiary/aromatic N) is 4. The molecule has 0 aliphatic carbocycles. The van der Waals surface area contributed by atoms with E-state index in [4.69, 9.17) is 9.84 Å². The third-order valence-electron chi connectivity index (χ3n) is 3.93. The molecule has 3 rings (SSSR count). The van der Waals surface area contributed by atoms with E-state index < -0.39 is 5.97 Å². The van der Waals surface area contributed by atoms with E-state index in [0.29, 0.717) is 13.2 Å². The maximum atomic E-state index is 12.7. The molecule has 1 saturated heterocycles. The number of amides is 1. The average Bonchev–Trinajstić information content (AvgIpc) is 3.04. The molecule has 24 heavy (non-hydrogen) atoms. The van der Waals surface area contributed by atoms with Gasteiger partial charge in [-0.1, -0.05) is 35.5 Å². The van der Waals surface area contributed by atoms with Crippen LogP contribution >= 0.6 is 0 Å². The molecule has 1 amide bonds. The second-order valence-corrected chi connectivity index (χ2v) is 5.72. The smallest absolute Gasteiger partial charge is 0.358 e. The molecule has 2 aromatic rings. The molecule has 0 bridgehead atoms. The highest BCUT2D eigenvalue weighted by Gasteiger charge is 2.31. The van der Waals surface area contributed by atoms with Crippen molar-refractivity contribution >= 4 is 11.9 Å². The zero-order valence-corrected chi connectivity index (χ0v) is 13.2. The summed E-state index contributed by atoms with van der Waals surface area (Å²) in [6.45, 7) is 2.75. The van der Waals surface area contributed by atoms with E-state index in [1.807, 2.05) is 37.3 Å². The van der Waals surface area contributed by atoms with Crippen LogP contribution in [0.4, 0.5) is 0 Å². The predicted octanol–water partition coefficient (Wildman–Crippen LogP) is 0.965. The van der Waals surface area contributed by atoms with Crippen LogP contribution in [0, 0.1) is 0 Å². The van der Waals surface area contributed by atoms with Gasteiger partial charge in [0.2, 0.25) is 5.91 Å². The number of hydrogen-bond donors (Lipinski definition) is 1. The summed E-state index contributed by atoms with van der Waals surface area (Å²) in [7, 11) is 0. The number of morpholine rings is 1. The summed E-state index contributed by atoms with van der Waals surface area (Å²) in [4.78, 5) is 25.3. The fourth-order valence-electron chi connectivity index (χ4n) is 2.73. The van der Waals surface area contributed by atoms with Gasteiger partial charge in [0.1, 0.15) is 6.54 Å². The van der Waals surface area contributed by atoms with E-state index in [9.17, 15) is 9.59 Å². The topological polar surface area (TPSA) is 97.6 Å². The van der Waals surface area contributed by atoms with Crippen molar-refractivity contribution < 1.29 is 19.4 Å². The van der Waals surface area contributed by atoms with Crippen molar-refractivity contribution in [3.63, 3.8) is 0 Å². The van der Waals surface area contributed by atoms with E-state index in [1.54, 1.807) is 4.90 Å². The Morgan fingerprint density at radius 3 is 2.75 bits per heavy atom. The molecule has 2 heterocycles. The summed E-state index contributed by atoms with van der Waals surface area (Å²) in [5.41, 5.74) is 0.820. The summed E-state index contributed by atoms with van der Waals surface area (Å²) in [5.74, 6) is -1.32. The molecular weight excluding hydrogens is 312 g/mol. The number of benzene rings is 1. The lowest BCUT2D eigenvalue weighted by Gasteiger charge is -2.39. The van der Waals surface area contributed by atoms with Crippen molar-refractivity contribution in [3.05, 3.63) is 47.8 Å². The molecule has 2 unspecified atom stereocenters. The van der Waals surface area contributed by atoms with Crippen LogP contribution < -0.4 is 0 Å².